The van der Waals surface area contributed by atoms with Crippen molar-refractivity contribution in [1.29, 1.82) is 5.26 Å². The number of carbonyl (C=O) groups is 2. The number of nitrogens with one attached hydrogen (secondary N) is 2. The average molecular weight is 445 g/mol. The van der Waals surface area contributed by atoms with E-state index in [4.69, 9.17) is 0 Å². The highest BCUT2D eigenvalue weighted by Gasteiger charge is 2.27. The van der Waals surface area contributed by atoms with Gasteiger partial charge >= 0.3 is 0 Å². The van der Waals surface area contributed by atoms with Crippen LogP contribution in [0.3, 0.4) is 0 Å². The maximum absolute atomic E-state index is 12.7. The van der Waals surface area contributed by atoms with Gasteiger partial charge in [-0.15, -0.1) is 0 Å². The summed E-state index contributed by atoms with van der Waals surface area (Å²) < 4.78 is 0. The molecule has 0 saturated heterocycles. The van der Waals surface area contributed by atoms with Crippen LogP contribution < -0.4 is 10.6 Å². The van der Waals surface area contributed by atoms with Crippen molar-refractivity contribution in [3.8, 4) is 6.07 Å². The van der Waals surface area contributed by atoms with Gasteiger partial charge in [-0.25, -0.2) is 4.99 Å². The normalized spacial score (nSPS) is 13.4. The number of amidine groups is 1. The number of nitrogens with zero attached hydrogens (tertiary/aromatic N) is 3. The molecule has 0 spiro atoms. The second-order valence-electron chi connectivity index (χ2n) is 7.42. The van der Waals surface area contributed by atoms with E-state index in [1.54, 1.807) is 24.3 Å². The molecule has 168 valence electrons. The fourth-order valence-electron chi connectivity index (χ4n) is 3.41. The van der Waals surface area contributed by atoms with Crippen LogP contribution >= 0.6 is 0 Å². The summed E-state index contributed by atoms with van der Waals surface area (Å²) in [6.07, 6.45) is 3.97. The predicted molar refractivity (Wildman–Crippen MR) is 123 cm³/mol. The molecule has 1 aliphatic rings. The number of hydrogen-bond donors (Lipinski definition) is 2. The van der Waals surface area contributed by atoms with Gasteiger partial charge in [-0.3, -0.25) is 19.7 Å². The van der Waals surface area contributed by atoms with Gasteiger partial charge in [-0.2, -0.15) is 5.26 Å². The third-order valence-electron chi connectivity index (χ3n) is 5.10. The van der Waals surface area contributed by atoms with E-state index in [0.29, 0.717) is 17.7 Å². The van der Waals surface area contributed by atoms with Gasteiger partial charge in [-0.05, 0) is 12.5 Å². The number of aliphatic imine (C=N–C) groups is 1. The van der Waals surface area contributed by atoms with Crippen LogP contribution in [0, 0.1) is 21.4 Å². The van der Waals surface area contributed by atoms with Crippen molar-refractivity contribution in [2.24, 2.45) is 4.99 Å². The topological polar surface area (TPSA) is 137 Å². The highest BCUT2D eigenvalue weighted by Crippen LogP contribution is 2.30. The number of rotatable bonds is 8. The first-order valence-electron chi connectivity index (χ1n) is 10.6. The molecule has 0 saturated carbocycles. The molecule has 9 nitrogen and oxygen atoms in total. The van der Waals surface area contributed by atoms with E-state index in [1.165, 1.54) is 24.3 Å². The number of nitriles is 1. The molecule has 1 heterocycles. The number of nitro groups is 1. The molecule has 0 bridgehead atoms. The van der Waals surface area contributed by atoms with Crippen molar-refractivity contribution >= 4 is 29.0 Å². The molecule has 3 rings (SSSR count). The van der Waals surface area contributed by atoms with Crippen LogP contribution in [0.1, 0.15) is 54.1 Å². The van der Waals surface area contributed by atoms with Crippen molar-refractivity contribution in [2.45, 2.75) is 32.6 Å². The number of fused-ring (bicyclic) bond motifs is 1. The maximum Gasteiger partial charge on any atom is 0.270 e. The van der Waals surface area contributed by atoms with Crippen LogP contribution in [-0.2, 0) is 4.79 Å². The zero-order valence-electron chi connectivity index (χ0n) is 18.1. The Balaban J connectivity index is 1.87. The number of non-ortho nitro benzene ring substituents is 1. The first kappa shape index (κ1) is 23.3. The minimum atomic E-state index is -0.590. The Bertz CT molecular complexity index is 1190. The van der Waals surface area contributed by atoms with Crippen molar-refractivity contribution in [2.75, 3.05) is 6.54 Å². The molecule has 2 aromatic carbocycles. The highest BCUT2D eigenvalue weighted by atomic mass is 16.6. The van der Waals surface area contributed by atoms with Gasteiger partial charge < -0.3 is 10.6 Å². The lowest BCUT2D eigenvalue weighted by Crippen LogP contribution is -2.30. The van der Waals surface area contributed by atoms with Crippen LogP contribution in [0.5, 0.6) is 0 Å². The van der Waals surface area contributed by atoms with Crippen molar-refractivity contribution < 1.29 is 14.5 Å². The maximum atomic E-state index is 12.7. The molecule has 9 heteroatoms. The fraction of sp³-hybridized carbons (Fsp3) is 0.250. The van der Waals surface area contributed by atoms with E-state index in [2.05, 4.69) is 22.5 Å². The second kappa shape index (κ2) is 10.8. The summed E-state index contributed by atoms with van der Waals surface area (Å²) in [5.74, 6) is -0.943. The molecule has 33 heavy (non-hydrogen) atoms. The molecular formula is C24H23N5O4. The van der Waals surface area contributed by atoms with Crippen LogP contribution in [0.25, 0.3) is 5.70 Å². The molecule has 2 aromatic rings. The molecule has 0 fully saturated rings. The number of nitro benzene ring substituents is 1. The number of carbonyl (C=O) groups excluding carboxylic acids is 2. The van der Waals surface area contributed by atoms with Crippen LogP contribution in [0.4, 0.5) is 5.69 Å². The Hall–Kier alpha value is -4.32. The fourth-order valence-corrected chi connectivity index (χ4v) is 3.41. The monoisotopic (exact) mass is 445 g/mol. The Morgan fingerprint density at radius 1 is 1.09 bits per heavy atom. The molecule has 0 aliphatic carbocycles. The molecule has 2 N–H and O–H groups in total. The van der Waals surface area contributed by atoms with Crippen molar-refractivity contribution in [3.05, 3.63) is 80.9 Å². The summed E-state index contributed by atoms with van der Waals surface area (Å²) in [5, 5.41) is 26.1. The molecule has 0 unspecified atom stereocenters. The summed E-state index contributed by atoms with van der Waals surface area (Å²) >= 11 is 0. The standard InChI is InChI=1S/C24H23N5O4/c1-2-3-4-7-13-26-24(31)20(15-25)21-18-11-5-6-12-19(18)22(27-21)28-23(30)16-9-8-10-17(14-16)29(32)33/h5-6,8-12,14H,2-4,7,13H2,1H3,(H,26,31)(H,27,28,30)/b21-20-. The summed E-state index contributed by atoms with van der Waals surface area (Å²) in [6.45, 7) is 2.56. The van der Waals surface area contributed by atoms with Crippen LogP contribution in [-0.4, -0.2) is 29.1 Å². The molecule has 0 aromatic heterocycles. The zero-order chi connectivity index (χ0) is 23.8. The molecule has 0 atom stereocenters. The summed E-state index contributed by atoms with van der Waals surface area (Å²) in [7, 11) is 0. The summed E-state index contributed by atoms with van der Waals surface area (Å²) in [4.78, 5) is 40.2. The number of benzene rings is 2. The molecule has 2 amide bonds. The predicted octanol–water partition coefficient (Wildman–Crippen LogP) is 3.72. The zero-order valence-corrected chi connectivity index (χ0v) is 18.1. The minimum absolute atomic E-state index is 0.0899. The number of amides is 2. The van der Waals surface area contributed by atoms with E-state index >= 15 is 0 Å². The van der Waals surface area contributed by atoms with Gasteiger partial charge in [0.2, 0.25) is 0 Å². The average Bonchev–Trinajstić information content (AvgIpc) is 3.17. The van der Waals surface area contributed by atoms with Gasteiger partial charge in [0.15, 0.2) is 0 Å². The van der Waals surface area contributed by atoms with Gasteiger partial charge in [0.05, 0.1) is 10.6 Å². The van der Waals surface area contributed by atoms with E-state index in [0.717, 1.165) is 25.7 Å². The second-order valence-corrected chi connectivity index (χ2v) is 7.42. The number of hydrogen-bond acceptors (Lipinski definition) is 6. The molecule has 0 radical (unpaired) electrons. The minimum Gasteiger partial charge on any atom is -0.351 e. The van der Waals surface area contributed by atoms with Crippen LogP contribution in [0.2, 0.25) is 0 Å². The van der Waals surface area contributed by atoms with Gasteiger partial charge in [0.1, 0.15) is 17.5 Å². The van der Waals surface area contributed by atoms with E-state index in [9.17, 15) is 25.0 Å². The van der Waals surface area contributed by atoms with Gasteiger partial charge in [0, 0.05) is 35.4 Å². The lowest BCUT2D eigenvalue weighted by atomic mass is 10.0. The van der Waals surface area contributed by atoms with E-state index < -0.39 is 16.7 Å². The number of unbranched alkanes of at least 4 members (excludes halogenated alkanes) is 3. The highest BCUT2D eigenvalue weighted by molar-refractivity contribution is 6.20. The SMILES string of the molecule is CCCCCCNC(=O)/C(C#N)=C1\N=C(NC(=O)c2cccc([N+](=O)[O-])c2)c2ccccc21. The first-order valence-corrected chi connectivity index (χ1v) is 10.6. The quantitative estimate of drug-likeness (QED) is 0.210. The summed E-state index contributed by atoms with van der Waals surface area (Å²) in [6, 6.07) is 14.2. The van der Waals surface area contributed by atoms with E-state index in [-0.39, 0.29) is 28.4 Å². The Morgan fingerprint density at radius 2 is 1.85 bits per heavy atom. The van der Waals surface area contributed by atoms with E-state index in [1.807, 2.05) is 6.07 Å². The lowest BCUT2D eigenvalue weighted by Gasteiger charge is -2.06. The molecular weight excluding hydrogens is 422 g/mol. The smallest absolute Gasteiger partial charge is 0.270 e. The van der Waals surface area contributed by atoms with Crippen molar-refractivity contribution in [1.82, 2.24) is 10.6 Å². The molecule has 1 aliphatic heterocycles. The first-order chi connectivity index (χ1) is 16.0. The Labute approximate surface area is 191 Å². The third-order valence-corrected chi connectivity index (χ3v) is 5.10. The van der Waals surface area contributed by atoms with Crippen LogP contribution in [0.15, 0.2) is 59.1 Å². The third kappa shape index (κ3) is 5.49. The Morgan fingerprint density at radius 3 is 2.55 bits per heavy atom. The van der Waals surface area contributed by atoms with Gasteiger partial charge in [0.25, 0.3) is 17.5 Å². The summed E-state index contributed by atoms with van der Waals surface area (Å²) in [5.41, 5.74) is 1.01. The lowest BCUT2D eigenvalue weighted by molar-refractivity contribution is -0.384. The van der Waals surface area contributed by atoms with Gasteiger partial charge in [-0.1, -0.05) is 56.5 Å². The van der Waals surface area contributed by atoms with Crippen molar-refractivity contribution in [3.63, 3.8) is 0 Å². The Kier molecular flexibility index (Phi) is 7.65. The largest absolute Gasteiger partial charge is 0.351 e.